The predicted molar refractivity (Wildman–Crippen MR) is 101 cm³/mol. The van der Waals surface area contributed by atoms with E-state index >= 15 is 0 Å². The second-order valence-corrected chi connectivity index (χ2v) is 7.18. The van der Waals surface area contributed by atoms with Crippen molar-refractivity contribution in [1.29, 1.82) is 0 Å². The van der Waals surface area contributed by atoms with Crippen LogP contribution in [0.3, 0.4) is 0 Å². The maximum Gasteiger partial charge on any atom is 0.265 e. The first-order valence-corrected chi connectivity index (χ1v) is 9.28. The Hall–Kier alpha value is -2.93. The van der Waals surface area contributed by atoms with Crippen molar-refractivity contribution in [3.05, 3.63) is 64.9 Å². The lowest BCUT2D eigenvalue weighted by Crippen LogP contribution is -2.25. The molecule has 5 nitrogen and oxygen atoms in total. The summed E-state index contributed by atoms with van der Waals surface area (Å²) in [6.07, 6.45) is 1.50. The molecule has 0 atom stereocenters. The molecule has 1 aromatic heterocycles. The molecule has 0 aliphatic carbocycles. The molecule has 1 aliphatic heterocycles. The molecule has 0 bridgehead atoms. The zero-order chi connectivity index (χ0) is 18.8. The first-order chi connectivity index (χ1) is 13.1. The molecule has 138 valence electrons. The number of fused-ring (bicyclic) bond motifs is 1. The van der Waals surface area contributed by atoms with Gasteiger partial charge in [-0.3, -0.25) is 4.79 Å². The Kier molecular flexibility index (Phi) is 4.77. The van der Waals surface area contributed by atoms with E-state index < -0.39 is 0 Å². The molecule has 2 heterocycles. The van der Waals surface area contributed by atoms with Gasteiger partial charge in [-0.1, -0.05) is 18.2 Å². The minimum atomic E-state index is -0.351. The van der Waals surface area contributed by atoms with E-state index in [1.54, 1.807) is 30.1 Å². The normalized spacial score (nSPS) is 12.7. The molecule has 0 spiro atoms. The van der Waals surface area contributed by atoms with Gasteiger partial charge in [0.15, 0.2) is 11.5 Å². The molecule has 7 heteroatoms. The van der Waals surface area contributed by atoms with Crippen molar-refractivity contribution in [2.45, 2.75) is 6.54 Å². The summed E-state index contributed by atoms with van der Waals surface area (Å²) in [5, 5.41) is 0.490. The maximum atomic E-state index is 13.9. The van der Waals surface area contributed by atoms with Gasteiger partial charge < -0.3 is 14.4 Å². The van der Waals surface area contributed by atoms with E-state index in [9.17, 15) is 9.18 Å². The molecule has 2 aromatic carbocycles. The fourth-order valence-corrected chi connectivity index (χ4v) is 3.79. The monoisotopic (exact) mass is 384 g/mol. The van der Waals surface area contributed by atoms with Crippen LogP contribution in [0, 0.1) is 5.82 Å². The Morgan fingerprint density at radius 1 is 1.19 bits per heavy atom. The summed E-state index contributed by atoms with van der Waals surface area (Å²) in [5.74, 6) is 0.899. The Labute approximate surface area is 160 Å². The third kappa shape index (κ3) is 3.64. The maximum absolute atomic E-state index is 13.9. The van der Waals surface area contributed by atoms with Crippen LogP contribution >= 0.6 is 11.3 Å². The van der Waals surface area contributed by atoms with Gasteiger partial charge in [-0.25, -0.2) is 9.37 Å². The van der Waals surface area contributed by atoms with Gasteiger partial charge >= 0.3 is 0 Å². The van der Waals surface area contributed by atoms with Crippen LogP contribution in [-0.4, -0.2) is 36.1 Å². The van der Waals surface area contributed by atoms with Crippen LogP contribution < -0.4 is 9.47 Å². The van der Waals surface area contributed by atoms with Crippen molar-refractivity contribution in [1.82, 2.24) is 9.88 Å². The molecule has 4 rings (SSSR count). The Bertz CT molecular complexity index is 989. The van der Waals surface area contributed by atoms with E-state index in [0.717, 1.165) is 11.3 Å². The van der Waals surface area contributed by atoms with Crippen LogP contribution in [0.4, 0.5) is 4.39 Å². The van der Waals surface area contributed by atoms with Crippen LogP contribution in [0.2, 0.25) is 0 Å². The van der Waals surface area contributed by atoms with Crippen molar-refractivity contribution >= 4 is 17.2 Å². The van der Waals surface area contributed by atoms with Crippen molar-refractivity contribution in [2.75, 3.05) is 20.3 Å². The number of carbonyl (C=O) groups excluding carboxylic acids is 1. The topological polar surface area (TPSA) is 51.7 Å². The SMILES string of the molecule is CN(Cc1ccc2c(c1)OCCO2)C(=O)c1cnc(-c2ccccc2F)s1. The smallest absolute Gasteiger partial charge is 0.265 e. The highest BCUT2D eigenvalue weighted by Crippen LogP contribution is 2.31. The largest absolute Gasteiger partial charge is 0.486 e. The lowest BCUT2D eigenvalue weighted by Gasteiger charge is -2.21. The standard InChI is InChI=1S/C20H17FN2O3S/c1-23(12-13-6-7-16-17(10-13)26-9-8-25-16)20(24)18-11-22-19(27-18)14-4-2-3-5-15(14)21/h2-7,10-11H,8-9,12H2,1H3. The quantitative estimate of drug-likeness (QED) is 0.682. The summed E-state index contributed by atoms with van der Waals surface area (Å²) in [5.41, 5.74) is 1.34. The summed E-state index contributed by atoms with van der Waals surface area (Å²) >= 11 is 1.18. The summed E-state index contributed by atoms with van der Waals surface area (Å²) < 4.78 is 25.0. The van der Waals surface area contributed by atoms with Gasteiger partial charge in [0.2, 0.25) is 0 Å². The molecule has 0 saturated heterocycles. The van der Waals surface area contributed by atoms with Gasteiger partial charge in [-0.2, -0.15) is 0 Å². The van der Waals surface area contributed by atoms with E-state index in [0.29, 0.717) is 41.0 Å². The predicted octanol–water partition coefficient (Wildman–Crippen LogP) is 3.99. The Morgan fingerprint density at radius 2 is 1.96 bits per heavy atom. The van der Waals surface area contributed by atoms with Gasteiger partial charge in [-0.05, 0) is 29.8 Å². The average Bonchev–Trinajstić information content (AvgIpc) is 3.17. The lowest BCUT2D eigenvalue weighted by atomic mass is 10.2. The second kappa shape index (κ2) is 7.36. The highest BCUT2D eigenvalue weighted by Gasteiger charge is 2.19. The Morgan fingerprint density at radius 3 is 2.78 bits per heavy atom. The minimum absolute atomic E-state index is 0.162. The van der Waals surface area contributed by atoms with E-state index in [4.69, 9.17) is 9.47 Å². The van der Waals surface area contributed by atoms with Crippen LogP contribution in [0.5, 0.6) is 11.5 Å². The number of hydrogen-bond acceptors (Lipinski definition) is 5. The first kappa shape index (κ1) is 17.5. The van der Waals surface area contributed by atoms with Gasteiger partial charge in [0, 0.05) is 19.2 Å². The number of hydrogen-bond donors (Lipinski definition) is 0. The fraction of sp³-hybridized carbons (Fsp3) is 0.200. The number of benzene rings is 2. The number of rotatable bonds is 4. The number of thiazole rings is 1. The van der Waals surface area contributed by atoms with Crippen LogP contribution in [0.15, 0.2) is 48.7 Å². The molecule has 0 saturated carbocycles. The third-order valence-corrected chi connectivity index (χ3v) is 5.21. The number of carbonyl (C=O) groups is 1. The van der Waals surface area contributed by atoms with Gasteiger partial charge in [0.05, 0.1) is 6.20 Å². The molecule has 0 unspecified atom stereocenters. The molecule has 3 aromatic rings. The van der Waals surface area contributed by atoms with E-state index in [-0.39, 0.29) is 11.7 Å². The lowest BCUT2D eigenvalue weighted by molar-refractivity contribution is 0.0789. The summed E-state index contributed by atoms with van der Waals surface area (Å²) in [4.78, 5) is 19.0. The fourth-order valence-electron chi connectivity index (χ4n) is 2.85. The van der Waals surface area contributed by atoms with E-state index in [1.165, 1.54) is 23.6 Å². The molecule has 0 radical (unpaired) electrons. The van der Waals surface area contributed by atoms with Crippen molar-refractivity contribution in [3.63, 3.8) is 0 Å². The zero-order valence-electron chi connectivity index (χ0n) is 14.6. The summed E-state index contributed by atoms with van der Waals surface area (Å²) in [6.45, 7) is 1.48. The molecule has 27 heavy (non-hydrogen) atoms. The van der Waals surface area contributed by atoms with Gasteiger partial charge in [-0.15, -0.1) is 11.3 Å². The Balaban J connectivity index is 1.49. The van der Waals surface area contributed by atoms with Crippen molar-refractivity contribution in [2.24, 2.45) is 0 Å². The molecule has 0 fully saturated rings. The van der Waals surface area contributed by atoms with E-state index in [1.807, 2.05) is 18.2 Å². The second-order valence-electron chi connectivity index (χ2n) is 6.15. The number of ether oxygens (including phenoxy) is 2. The van der Waals surface area contributed by atoms with Crippen molar-refractivity contribution < 1.29 is 18.7 Å². The highest BCUT2D eigenvalue weighted by molar-refractivity contribution is 7.16. The molecule has 1 amide bonds. The van der Waals surface area contributed by atoms with Crippen LogP contribution in [0.25, 0.3) is 10.6 Å². The number of halogens is 1. The number of nitrogens with zero attached hydrogens (tertiary/aromatic N) is 2. The van der Waals surface area contributed by atoms with E-state index in [2.05, 4.69) is 4.98 Å². The highest BCUT2D eigenvalue weighted by atomic mass is 32.1. The van der Waals surface area contributed by atoms with Gasteiger partial charge in [0.25, 0.3) is 5.91 Å². The van der Waals surface area contributed by atoms with Gasteiger partial charge in [0.1, 0.15) is 28.9 Å². The minimum Gasteiger partial charge on any atom is -0.486 e. The molecule has 0 N–H and O–H groups in total. The molecule has 1 aliphatic rings. The molecular weight excluding hydrogens is 367 g/mol. The third-order valence-electron chi connectivity index (χ3n) is 4.19. The van der Waals surface area contributed by atoms with Crippen LogP contribution in [-0.2, 0) is 6.54 Å². The molecular formula is C20H17FN2O3S. The summed E-state index contributed by atoms with van der Waals surface area (Å²) in [6, 6.07) is 12.1. The van der Waals surface area contributed by atoms with Crippen LogP contribution in [0.1, 0.15) is 15.2 Å². The number of aromatic nitrogens is 1. The summed E-state index contributed by atoms with van der Waals surface area (Å²) in [7, 11) is 1.72. The average molecular weight is 384 g/mol. The number of amides is 1. The first-order valence-electron chi connectivity index (χ1n) is 8.46. The zero-order valence-corrected chi connectivity index (χ0v) is 15.5. The van der Waals surface area contributed by atoms with Crippen molar-refractivity contribution in [3.8, 4) is 22.1 Å².